The number of amides is 3. The molecule has 0 radical (unpaired) electrons. The van der Waals surface area contributed by atoms with Gasteiger partial charge in [0, 0.05) is 12.6 Å². The first-order chi connectivity index (χ1) is 16.4. The van der Waals surface area contributed by atoms with Crippen LogP contribution in [0.2, 0.25) is 0 Å². The topological polar surface area (TPSA) is 87.7 Å². The third kappa shape index (κ3) is 8.55. The number of carbonyl (C=O) groups is 3. The Kier molecular flexibility index (Phi) is 10.6. The highest BCUT2D eigenvalue weighted by Crippen LogP contribution is 2.28. The van der Waals surface area contributed by atoms with Crippen molar-refractivity contribution in [3.05, 3.63) is 35.4 Å². The number of carbonyl (C=O) groups excluding carboxylic acids is 3. The van der Waals surface area contributed by atoms with Crippen LogP contribution in [-0.2, 0) is 14.3 Å². The van der Waals surface area contributed by atoms with Crippen molar-refractivity contribution in [1.29, 1.82) is 0 Å². The van der Waals surface area contributed by atoms with Gasteiger partial charge >= 0.3 is 6.09 Å². The Morgan fingerprint density at radius 1 is 1.09 bits per heavy atom. The second-order valence-corrected chi connectivity index (χ2v) is 11.0. The molecule has 2 rings (SSSR count). The zero-order valence-corrected chi connectivity index (χ0v) is 22.6. The Morgan fingerprint density at radius 2 is 1.71 bits per heavy atom. The predicted octanol–water partition coefficient (Wildman–Crippen LogP) is 5.27. The Labute approximate surface area is 211 Å². The van der Waals surface area contributed by atoms with Crippen molar-refractivity contribution in [3.63, 3.8) is 0 Å². The fraction of sp³-hybridized carbons (Fsp3) is 0.679. The lowest BCUT2D eigenvalue weighted by molar-refractivity contribution is -0.143. The molecule has 1 saturated carbocycles. The average Bonchev–Trinajstić information content (AvgIpc) is 2.77. The van der Waals surface area contributed by atoms with Gasteiger partial charge in [-0.25, -0.2) is 4.79 Å². The molecule has 0 spiro atoms. The first-order valence-electron chi connectivity index (χ1n) is 13.1. The second kappa shape index (κ2) is 12.9. The molecule has 7 nitrogen and oxygen atoms in total. The lowest BCUT2D eigenvalue weighted by Crippen LogP contribution is -2.55. The van der Waals surface area contributed by atoms with Crippen molar-refractivity contribution in [2.45, 2.75) is 111 Å². The number of benzene rings is 1. The van der Waals surface area contributed by atoms with Crippen molar-refractivity contribution < 1.29 is 19.1 Å². The number of nitrogens with one attached hydrogen (secondary N) is 2. The SMILES string of the molecule is CCCN(C(=O)C(NC(=O)OC(C)(C)C)C(C)C)C(C(=O)NC1CCCCC1)c1ccccc1C. The Morgan fingerprint density at radius 3 is 2.26 bits per heavy atom. The summed E-state index contributed by atoms with van der Waals surface area (Å²) in [6.07, 6.45) is 5.37. The lowest BCUT2D eigenvalue weighted by atomic mass is 9.93. The van der Waals surface area contributed by atoms with E-state index in [0.29, 0.717) is 13.0 Å². The third-order valence-corrected chi connectivity index (χ3v) is 6.35. The van der Waals surface area contributed by atoms with E-state index in [9.17, 15) is 14.4 Å². The summed E-state index contributed by atoms with van der Waals surface area (Å²) in [5, 5.41) is 6.00. The molecule has 35 heavy (non-hydrogen) atoms. The van der Waals surface area contributed by atoms with Crippen LogP contribution in [0.4, 0.5) is 4.79 Å². The molecular formula is C28H45N3O4. The molecule has 7 heteroatoms. The summed E-state index contributed by atoms with van der Waals surface area (Å²) in [5.41, 5.74) is 1.08. The Bertz CT molecular complexity index is 856. The normalized spacial score (nSPS) is 16.3. The number of hydrogen-bond acceptors (Lipinski definition) is 4. The summed E-state index contributed by atoms with van der Waals surface area (Å²) in [4.78, 5) is 42.0. The smallest absolute Gasteiger partial charge is 0.408 e. The van der Waals surface area contributed by atoms with Crippen molar-refractivity contribution in [2.75, 3.05) is 6.54 Å². The van der Waals surface area contributed by atoms with E-state index in [1.54, 1.807) is 25.7 Å². The summed E-state index contributed by atoms with van der Waals surface area (Å²) < 4.78 is 5.42. The van der Waals surface area contributed by atoms with Gasteiger partial charge < -0.3 is 20.3 Å². The van der Waals surface area contributed by atoms with Crippen molar-refractivity contribution >= 4 is 17.9 Å². The van der Waals surface area contributed by atoms with Gasteiger partial charge in [0.25, 0.3) is 0 Å². The zero-order valence-electron chi connectivity index (χ0n) is 22.6. The Hall–Kier alpha value is -2.57. The second-order valence-electron chi connectivity index (χ2n) is 11.0. The summed E-state index contributed by atoms with van der Waals surface area (Å²) in [7, 11) is 0. The molecule has 0 bridgehead atoms. The maximum atomic E-state index is 14.0. The number of hydrogen-bond donors (Lipinski definition) is 2. The van der Waals surface area contributed by atoms with Crippen LogP contribution in [0.25, 0.3) is 0 Å². The first kappa shape index (κ1) is 28.7. The van der Waals surface area contributed by atoms with E-state index in [1.165, 1.54) is 6.42 Å². The Balaban J connectivity index is 2.41. The van der Waals surface area contributed by atoms with Crippen LogP contribution in [0.5, 0.6) is 0 Å². The maximum Gasteiger partial charge on any atom is 0.408 e. The highest BCUT2D eigenvalue weighted by molar-refractivity contribution is 5.92. The average molecular weight is 488 g/mol. The third-order valence-electron chi connectivity index (χ3n) is 6.35. The summed E-state index contributed by atoms with van der Waals surface area (Å²) in [6.45, 7) is 13.5. The minimum absolute atomic E-state index is 0.127. The summed E-state index contributed by atoms with van der Waals surface area (Å²) in [5.74, 6) is -0.624. The predicted molar refractivity (Wildman–Crippen MR) is 139 cm³/mol. The minimum Gasteiger partial charge on any atom is -0.444 e. The van der Waals surface area contributed by atoms with Crippen LogP contribution in [-0.4, -0.2) is 47.0 Å². The van der Waals surface area contributed by atoms with E-state index in [1.807, 2.05) is 52.0 Å². The molecule has 3 amide bonds. The molecule has 2 atom stereocenters. The molecule has 2 N–H and O–H groups in total. The number of aryl methyl sites for hydroxylation is 1. The zero-order chi connectivity index (χ0) is 26.2. The lowest BCUT2D eigenvalue weighted by Gasteiger charge is -2.37. The molecule has 0 heterocycles. The van der Waals surface area contributed by atoms with Crippen LogP contribution in [0.3, 0.4) is 0 Å². The van der Waals surface area contributed by atoms with E-state index < -0.39 is 23.8 Å². The van der Waals surface area contributed by atoms with E-state index in [-0.39, 0.29) is 23.8 Å². The van der Waals surface area contributed by atoms with Gasteiger partial charge in [-0.2, -0.15) is 0 Å². The maximum absolute atomic E-state index is 14.0. The standard InChI is InChI=1S/C28H45N3O4/c1-8-18-31(26(33)23(19(2)3)30-27(34)35-28(5,6)7)24(22-17-13-12-14-20(22)4)25(32)29-21-15-10-9-11-16-21/h12-14,17,19,21,23-24H,8-11,15-16,18H2,1-7H3,(H,29,32)(H,30,34). The summed E-state index contributed by atoms with van der Waals surface area (Å²) in [6, 6.07) is 6.25. The fourth-order valence-electron chi connectivity index (χ4n) is 4.61. The molecule has 1 aromatic rings. The summed E-state index contributed by atoms with van der Waals surface area (Å²) >= 11 is 0. The highest BCUT2D eigenvalue weighted by Gasteiger charge is 2.38. The minimum atomic E-state index is -0.814. The molecular weight excluding hydrogens is 442 g/mol. The molecule has 1 fully saturated rings. The van der Waals surface area contributed by atoms with Gasteiger partial charge in [-0.3, -0.25) is 9.59 Å². The van der Waals surface area contributed by atoms with Crippen LogP contribution < -0.4 is 10.6 Å². The molecule has 2 unspecified atom stereocenters. The number of alkyl carbamates (subject to hydrolysis) is 1. The molecule has 0 saturated heterocycles. The van der Waals surface area contributed by atoms with E-state index in [0.717, 1.165) is 36.8 Å². The molecule has 196 valence electrons. The van der Waals surface area contributed by atoms with Crippen LogP contribution in [0.1, 0.15) is 97.2 Å². The highest BCUT2D eigenvalue weighted by atomic mass is 16.6. The molecule has 1 aromatic carbocycles. The molecule has 1 aliphatic rings. The van der Waals surface area contributed by atoms with Crippen LogP contribution in [0, 0.1) is 12.8 Å². The molecule has 0 aromatic heterocycles. The van der Waals surface area contributed by atoms with E-state index >= 15 is 0 Å². The van der Waals surface area contributed by atoms with Gasteiger partial charge in [0.1, 0.15) is 17.7 Å². The van der Waals surface area contributed by atoms with Gasteiger partial charge in [-0.15, -0.1) is 0 Å². The van der Waals surface area contributed by atoms with Crippen molar-refractivity contribution in [1.82, 2.24) is 15.5 Å². The number of nitrogens with zero attached hydrogens (tertiary/aromatic N) is 1. The van der Waals surface area contributed by atoms with E-state index in [2.05, 4.69) is 10.6 Å². The van der Waals surface area contributed by atoms with E-state index in [4.69, 9.17) is 4.74 Å². The van der Waals surface area contributed by atoms with Gasteiger partial charge in [0.2, 0.25) is 11.8 Å². The number of rotatable bonds is 9. The van der Waals surface area contributed by atoms with Gasteiger partial charge in [-0.05, 0) is 64.0 Å². The first-order valence-corrected chi connectivity index (χ1v) is 13.1. The largest absolute Gasteiger partial charge is 0.444 e. The molecule has 1 aliphatic carbocycles. The van der Waals surface area contributed by atoms with Crippen molar-refractivity contribution in [3.8, 4) is 0 Å². The van der Waals surface area contributed by atoms with Crippen molar-refractivity contribution in [2.24, 2.45) is 5.92 Å². The quantitative estimate of drug-likeness (QED) is 0.496. The molecule has 0 aliphatic heterocycles. The van der Waals surface area contributed by atoms with Crippen LogP contribution >= 0.6 is 0 Å². The number of ether oxygens (including phenoxy) is 1. The fourth-order valence-corrected chi connectivity index (χ4v) is 4.61. The van der Waals surface area contributed by atoms with Crippen LogP contribution in [0.15, 0.2) is 24.3 Å². The van der Waals surface area contributed by atoms with Gasteiger partial charge in [-0.1, -0.05) is 64.3 Å². The van der Waals surface area contributed by atoms with Gasteiger partial charge in [0.15, 0.2) is 0 Å². The van der Waals surface area contributed by atoms with Gasteiger partial charge in [0.05, 0.1) is 0 Å². The monoisotopic (exact) mass is 487 g/mol.